The van der Waals surface area contributed by atoms with E-state index in [2.05, 4.69) is 29.8 Å². The van der Waals surface area contributed by atoms with Crippen LogP contribution in [0, 0.1) is 0 Å². The van der Waals surface area contributed by atoms with E-state index in [1.54, 1.807) is 18.2 Å². The highest BCUT2D eigenvalue weighted by molar-refractivity contribution is 9.10. The van der Waals surface area contributed by atoms with E-state index in [1.165, 1.54) is 5.56 Å². The number of anilines is 1. The maximum absolute atomic E-state index is 12.3. The van der Waals surface area contributed by atoms with Crippen molar-refractivity contribution in [2.45, 2.75) is 19.8 Å². The van der Waals surface area contributed by atoms with Crippen molar-refractivity contribution in [1.82, 2.24) is 0 Å². The van der Waals surface area contributed by atoms with Crippen LogP contribution in [0.4, 0.5) is 5.69 Å². The zero-order valence-electron chi connectivity index (χ0n) is 11.0. The summed E-state index contributed by atoms with van der Waals surface area (Å²) in [7, 11) is 0. The van der Waals surface area contributed by atoms with E-state index in [4.69, 9.17) is 5.73 Å². The molecule has 0 saturated carbocycles. The molecule has 0 saturated heterocycles. The van der Waals surface area contributed by atoms with Gasteiger partial charge < -0.3 is 5.73 Å². The standard InChI is InChI=1S/C16H16BrNO/c1-10(2)11-3-5-12(6-4-11)16(19)13-7-8-15(18)14(17)9-13/h3-10H,18H2,1-2H3. The molecule has 0 aliphatic rings. The van der Waals surface area contributed by atoms with E-state index in [1.807, 2.05) is 24.3 Å². The summed E-state index contributed by atoms with van der Waals surface area (Å²) >= 11 is 3.34. The highest BCUT2D eigenvalue weighted by Crippen LogP contribution is 2.23. The Kier molecular flexibility index (Phi) is 4.05. The van der Waals surface area contributed by atoms with Gasteiger partial charge in [-0.25, -0.2) is 0 Å². The number of nitrogens with two attached hydrogens (primary N) is 1. The summed E-state index contributed by atoms with van der Waals surface area (Å²) in [6.07, 6.45) is 0. The van der Waals surface area contributed by atoms with Gasteiger partial charge in [-0.05, 0) is 45.6 Å². The summed E-state index contributed by atoms with van der Waals surface area (Å²) in [4.78, 5) is 12.3. The number of hydrogen-bond acceptors (Lipinski definition) is 2. The Hall–Kier alpha value is -1.61. The van der Waals surface area contributed by atoms with E-state index >= 15 is 0 Å². The first-order valence-corrected chi connectivity index (χ1v) is 6.98. The molecule has 2 rings (SSSR count). The van der Waals surface area contributed by atoms with Crippen LogP contribution in [0.25, 0.3) is 0 Å². The summed E-state index contributed by atoms with van der Waals surface area (Å²) < 4.78 is 0.747. The van der Waals surface area contributed by atoms with Crippen LogP contribution in [-0.4, -0.2) is 5.78 Å². The molecular formula is C16H16BrNO. The van der Waals surface area contributed by atoms with Crippen LogP contribution >= 0.6 is 15.9 Å². The van der Waals surface area contributed by atoms with Crippen molar-refractivity contribution < 1.29 is 4.79 Å². The third kappa shape index (κ3) is 3.04. The van der Waals surface area contributed by atoms with Crippen molar-refractivity contribution in [3.8, 4) is 0 Å². The molecule has 2 aromatic rings. The SMILES string of the molecule is CC(C)c1ccc(C(=O)c2ccc(N)c(Br)c2)cc1. The number of hydrogen-bond donors (Lipinski definition) is 1. The molecule has 2 aromatic carbocycles. The van der Waals surface area contributed by atoms with Gasteiger partial charge in [0.1, 0.15) is 0 Å². The fourth-order valence-electron chi connectivity index (χ4n) is 1.85. The molecule has 3 heteroatoms. The largest absolute Gasteiger partial charge is 0.398 e. The first-order chi connectivity index (χ1) is 8.99. The predicted molar refractivity (Wildman–Crippen MR) is 82.5 cm³/mol. The number of carbonyl (C=O) groups is 1. The van der Waals surface area contributed by atoms with Gasteiger partial charge in [-0.1, -0.05) is 38.1 Å². The zero-order chi connectivity index (χ0) is 14.0. The van der Waals surface area contributed by atoms with Crippen LogP contribution in [-0.2, 0) is 0 Å². The molecule has 0 radical (unpaired) electrons. The quantitative estimate of drug-likeness (QED) is 0.674. The van der Waals surface area contributed by atoms with Crippen LogP contribution in [0.1, 0.15) is 41.3 Å². The number of carbonyl (C=O) groups excluding carboxylic acids is 1. The second-order valence-corrected chi connectivity index (χ2v) is 5.70. The van der Waals surface area contributed by atoms with Gasteiger partial charge in [0.05, 0.1) is 0 Å². The Balaban J connectivity index is 2.30. The molecule has 0 aliphatic carbocycles. The van der Waals surface area contributed by atoms with E-state index in [9.17, 15) is 4.79 Å². The lowest BCUT2D eigenvalue weighted by atomic mass is 9.98. The van der Waals surface area contributed by atoms with E-state index in [0.29, 0.717) is 22.7 Å². The average Bonchev–Trinajstić information content (AvgIpc) is 2.41. The zero-order valence-corrected chi connectivity index (χ0v) is 12.6. The van der Waals surface area contributed by atoms with Crippen molar-refractivity contribution in [1.29, 1.82) is 0 Å². The van der Waals surface area contributed by atoms with Gasteiger partial charge in [0, 0.05) is 21.3 Å². The average molecular weight is 318 g/mol. The molecule has 19 heavy (non-hydrogen) atoms. The number of halogens is 1. The molecular weight excluding hydrogens is 302 g/mol. The normalized spacial score (nSPS) is 10.7. The van der Waals surface area contributed by atoms with Gasteiger partial charge in [-0.15, -0.1) is 0 Å². The van der Waals surface area contributed by atoms with E-state index in [0.717, 1.165) is 4.47 Å². The Morgan fingerprint density at radius 3 is 2.16 bits per heavy atom. The minimum atomic E-state index is 0.0102. The molecule has 98 valence electrons. The molecule has 0 bridgehead atoms. The smallest absolute Gasteiger partial charge is 0.193 e. The molecule has 0 heterocycles. The molecule has 0 aliphatic heterocycles. The van der Waals surface area contributed by atoms with Crippen LogP contribution in [0.3, 0.4) is 0 Å². The van der Waals surface area contributed by atoms with Gasteiger partial charge in [0.25, 0.3) is 0 Å². The third-order valence-corrected chi connectivity index (χ3v) is 3.79. The molecule has 0 aromatic heterocycles. The molecule has 0 unspecified atom stereocenters. The van der Waals surface area contributed by atoms with Crippen molar-refractivity contribution in [3.63, 3.8) is 0 Å². The lowest BCUT2D eigenvalue weighted by Crippen LogP contribution is -2.02. The summed E-state index contributed by atoms with van der Waals surface area (Å²) in [5, 5.41) is 0. The van der Waals surface area contributed by atoms with E-state index < -0.39 is 0 Å². The highest BCUT2D eigenvalue weighted by Gasteiger charge is 2.10. The van der Waals surface area contributed by atoms with Crippen LogP contribution in [0.2, 0.25) is 0 Å². The lowest BCUT2D eigenvalue weighted by molar-refractivity contribution is 0.103. The van der Waals surface area contributed by atoms with Gasteiger partial charge >= 0.3 is 0 Å². The molecule has 0 fully saturated rings. The van der Waals surface area contributed by atoms with Crippen molar-refractivity contribution in [2.75, 3.05) is 5.73 Å². The van der Waals surface area contributed by atoms with Crippen molar-refractivity contribution >= 4 is 27.4 Å². The van der Waals surface area contributed by atoms with Gasteiger partial charge in [0.15, 0.2) is 5.78 Å². The second-order valence-electron chi connectivity index (χ2n) is 4.84. The summed E-state index contributed by atoms with van der Waals surface area (Å²) in [6, 6.07) is 13.0. The van der Waals surface area contributed by atoms with Crippen LogP contribution in [0.15, 0.2) is 46.9 Å². The Labute approximate surface area is 121 Å². The molecule has 2 N–H and O–H groups in total. The predicted octanol–water partition coefficient (Wildman–Crippen LogP) is 4.39. The fraction of sp³-hybridized carbons (Fsp3) is 0.188. The minimum absolute atomic E-state index is 0.0102. The Morgan fingerprint density at radius 1 is 1.05 bits per heavy atom. The minimum Gasteiger partial charge on any atom is -0.398 e. The van der Waals surface area contributed by atoms with Crippen molar-refractivity contribution in [3.05, 3.63) is 63.6 Å². The number of rotatable bonds is 3. The fourth-order valence-corrected chi connectivity index (χ4v) is 2.23. The highest BCUT2D eigenvalue weighted by atomic mass is 79.9. The Bertz CT molecular complexity index is 603. The van der Waals surface area contributed by atoms with Crippen molar-refractivity contribution in [2.24, 2.45) is 0 Å². The maximum Gasteiger partial charge on any atom is 0.193 e. The molecule has 0 amide bonds. The third-order valence-electron chi connectivity index (χ3n) is 3.10. The summed E-state index contributed by atoms with van der Waals surface area (Å²) in [5.74, 6) is 0.478. The number of nitrogen functional groups attached to an aromatic ring is 1. The number of ketones is 1. The van der Waals surface area contributed by atoms with Crippen LogP contribution in [0.5, 0.6) is 0 Å². The Morgan fingerprint density at radius 2 is 1.63 bits per heavy atom. The molecule has 2 nitrogen and oxygen atoms in total. The first kappa shape index (κ1) is 13.8. The first-order valence-electron chi connectivity index (χ1n) is 6.18. The number of benzene rings is 2. The van der Waals surface area contributed by atoms with E-state index in [-0.39, 0.29) is 5.78 Å². The second kappa shape index (κ2) is 5.57. The summed E-state index contributed by atoms with van der Waals surface area (Å²) in [6.45, 7) is 4.27. The van der Waals surface area contributed by atoms with Gasteiger partial charge in [-0.3, -0.25) is 4.79 Å². The summed E-state index contributed by atoms with van der Waals surface area (Å²) in [5.41, 5.74) is 8.92. The van der Waals surface area contributed by atoms with Gasteiger partial charge in [0.2, 0.25) is 0 Å². The van der Waals surface area contributed by atoms with Gasteiger partial charge in [-0.2, -0.15) is 0 Å². The monoisotopic (exact) mass is 317 g/mol. The molecule has 0 atom stereocenters. The lowest BCUT2D eigenvalue weighted by Gasteiger charge is -2.07. The topological polar surface area (TPSA) is 43.1 Å². The molecule has 0 spiro atoms. The van der Waals surface area contributed by atoms with Crippen LogP contribution < -0.4 is 5.73 Å². The maximum atomic E-state index is 12.3.